The molecule has 63 heavy (non-hydrogen) atoms. The smallest absolute Gasteiger partial charge is 0.407 e. The molecule has 336 valence electrons. The summed E-state index contributed by atoms with van der Waals surface area (Å²) < 4.78 is 112. The van der Waals surface area contributed by atoms with Crippen LogP contribution in [0.3, 0.4) is 0 Å². The van der Waals surface area contributed by atoms with Crippen molar-refractivity contribution in [3.05, 3.63) is 168 Å². The van der Waals surface area contributed by atoms with Gasteiger partial charge in [-0.3, -0.25) is 4.18 Å². The molecule has 0 radical (unpaired) electrons. The molecule has 0 bridgehead atoms. The third-order valence-corrected chi connectivity index (χ3v) is 17.6. The van der Waals surface area contributed by atoms with E-state index in [9.17, 15) is 21.6 Å². The van der Waals surface area contributed by atoms with Crippen molar-refractivity contribution in [2.24, 2.45) is 11.8 Å². The van der Waals surface area contributed by atoms with Gasteiger partial charge in [-0.05, 0) is 50.4 Å². The molecule has 5 aromatic rings. The SMILES string of the molecule is CC(C)(C)[Si](OC[C@@H]1C[C@@H]1CO[C@@H]1O[C@H](COCc2ccccc2)[C@@H](OCc2ccccc2)[C@H](OCc2ccccc2)[C@H]1OS(=O)(=O)C(F)(F)F)(c1ccccc1)c1ccccc1. The van der Waals surface area contributed by atoms with E-state index in [4.69, 9.17) is 32.3 Å². The third kappa shape index (κ3) is 11.7. The maximum atomic E-state index is 14.2. The summed E-state index contributed by atoms with van der Waals surface area (Å²) in [5, 5.41) is 2.04. The molecular weight excluding hydrogens is 850 g/mol. The number of hydrogen-bond donors (Lipinski definition) is 0. The van der Waals surface area contributed by atoms with Crippen LogP contribution in [0.15, 0.2) is 152 Å². The Labute approximate surface area is 369 Å². The summed E-state index contributed by atoms with van der Waals surface area (Å²) in [6.45, 7) is 7.08. The first kappa shape index (κ1) is 46.8. The molecule has 1 saturated carbocycles. The Hall–Kier alpha value is -4.22. The van der Waals surface area contributed by atoms with E-state index in [2.05, 4.69) is 45.0 Å². The lowest BCUT2D eigenvalue weighted by atomic mass is 9.98. The highest BCUT2D eigenvalue weighted by Crippen LogP contribution is 2.44. The number of ether oxygens (including phenoxy) is 5. The minimum atomic E-state index is -6.17. The zero-order valence-corrected chi connectivity index (χ0v) is 37.5. The average molecular weight is 905 g/mol. The maximum absolute atomic E-state index is 14.2. The van der Waals surface area contributed by atoms with Gasteiger partial charge < -0.3 is 28.1 Å². The maximum Gasteiger partial charge on any atom is 0.523 e. The fourth-order valence-electron chi connectivity index (χ4n) is 8.17. The van der Waals surface area contributed by atoms with Crippen LogP contribution in [0.4, 0.5) is 13.2 Å². The molecular formula is C49H55F3O9SSi. The van der Waals surface area contributed by atoms with Crippen LogP contribution < -0.4 is 10.4 Å². The zero-order valence-electron chi connectivity index (χ0n) is 35.6. The van der Waals surface area contributed by atoms with Gasteiger partial charge >= 0.3 is 15.6 Å². The van der Waals surface area contributed by atoms with Gasteiger partial charge in [0.15, 0.2) is 12.4 Å². The lowest BCUT2D eigenvalue weighted by Gasteiger charge is -2.45. The van der Waals surface area contributed by atoms with Crippen LogP contribution in [0, 0.1) is 11.8 Å². The van der Waals surface area contributed by atoms with Crippen LogP contribution in [0.25, 0.3) is 0 Å². The standard InChI is InChI=1S/C49H55F3O9SSi/c1-48(2,3)63(41-25-15-7-16-26-41,42-27-17-8-18-28-42)59-34-40-29-39(40)33-58-47-46(61-62(53,54)49(50,51)52)45(57-32-38-23-13-6-14-24-38)44(56-31-37-21-11-5-12-22-37)43(60-47)35-55-30-36-19-9-4-10-20-36/h4-28,39-40,43-47H,29-35H2,1-3H3/t39-,40+,43-,44-,45+,46-,47-/m1/s1. The van der Waals surface area contributed by atoms with E-state index in [1.165, 1.54) is 0 Å². The first-order valence-electron chi connectivity index (χ1n) is 21.2. The summed E-state index contributed by atoms with van der Waals surface area (Å²) in [4.78, 5) is 0. The molecule has 1 aliphatic carbocycles. The highest BCUT2D eigenvalue weighted by molar-refractivity contribution is 7.87. The van der Waals surface area contributed by atoms with Crippen LogP contribution in [0.1, 0.15) is 43.9 Å². The van der Waals surface area contributed by atoms with Crippen molar-refractivity contribution in [3.8, 4) is 0 Å². The van der Waals surface area contributed by atoms with Gasteiger partial charge in [-0.15, -0.1) is 0 Å². The van der Waals surface area contributed by atoms with E-state index in [0.29, 0.717) is 12.2 Å². The van der Waals surface area contributed by atoms with Crippen molar-refractivity contribution >= 4 is 28.8 Å². The molecule has 9 nitrogen and oxygen atoms in total. The number of hydrogen-bond acceptors (Lipinski definition) is 9. The predicted molar refractivity (Wildman–Crippen MR) is 236 cm³/mol. The van der Waals surface area contributed by atoms with Crippen molar-refractivity contribution < 1.29 is 53.9 Å². The highest BCUT2D eigenvalue weighted by Gasteiger charge is 2.57. The molecule has 1 aliphatic heterocycles. The van der Waals surface area contributed by atoms with Crippen molar-refractivity contribution in [3.63, 3.8) is 0 Å². The van der Waals surface area contributed by atoms with Crippen molar-refractivity contribution in [1.82, 2.24) is 0 Å². The van der Waals surface area contributed by atoms with E-state index >= 15 is 0 Å². The van der Waals surface area contributed by atoms with E-state index in [1.54, 1.807) is 24.3 Å². The first-order valence-corrected chi connectivity index (χ1v) is 24.5. The summed E-state index contributed by atoms with van der Waals surface area (Å²) in [5.74, 6) is 0.000751. The molecule has 2 aliphatic rings. The molecule has 0 unspecified atom stereocenters. The quantitative estimate of drug-likeness (QED) is 0.0433. The van der Waals surface area contributed by atoms with E-state index in [1.807, 2.05) is 103 Å². The lowest BCUT2D eigenvalue weighted by Crippen LogP contribution is -2.66. The molecule has 1 heterocycles. The highest BCUT2D eigenvalue weighted by atomic mass is 32.2. The van der Waals surface area contributed by atoms with Gasteiger partial charge in [-0.1, -0.05) is 172 Å². The van der Waals surface area contributed by atoms with Crippen molar-refractivity contribution in [2.75, 3.05) is 19.8 Å². The number of benzene rings is 5. The fraction of sp³-hybridized carbons (Fsp3) is 0.388. The second kappa shape index (κ2) is 20.7. The summed E-state index contributed by atoms with van der Waals surface area (Å²) >= 11 is 0. The molecule has 0 N–H and O–H groups in total. The van der Waals surface area contributed by atoms with E-state index < -0.39 is 54.6 Å². The van der Waals surface area contributed by atoms with E-state index in [0.717, 1.165) is 27.9 Å². The summed E-state index contributed by atoms with van der Waals surface area (Å²) in [6.07, 6.45) is -6.39. The third-order valence-electron chi connectivity index (χ3n) is 11.6. The lowest BCUT2D eigenvalue weighted by molar-refractivity contribution is -0.315. The van der Waals surface area contributed by atoms with Gasteiger partial charge in [-0.2, -0.15) is 21.6 Å². The summed E-state index contributed by atoms with van der Waals surface area (Å²) in [6, 6.07) is 48.2. The molecule has 14 heteroatoms. The Bertz CT molecular complexity index is 2210. The normalized spacial score (nSPS) is 23.0. The Morgan fingerprint density at radius 1 is 0.571 bits per heavy atom. The number of halogens is 3. The van der Waals surface area contributed by atoms with Crippen LogP contribution in [-0.4, -0.2) is 72.8 Å². The fourth-order valence-corrected chi connectivity index (χ4v) is 13.4. The van der Waals surface area contributed by atoms with Crippen LogP contribution in [0.5, 0.6) is 0 Å². The largest absolute Gasteiger partial charge is 0.523 e. The van der Waals surface area contributed by atoms with Crippen LogP contribution in [-0.2, 0) is 62.2 Å². The van der Waals surface area contributed by atoms with E-state index in [-0.39, 0.29) is 49.9 Å². The summed E-state index contributed by atoms with van der Waals surface area (Å²) in [5.41, 5.74) is -3.39. The Balaban J connectivity index is 1.15. The van der Waals surface area contributed by atoms with Crippen LogP contribution >= 0.6 is 0 Å². The van der Waals surface area contributed by atoms with Crippen molar-refractivity contribution in [2.45, 2.75) is 88.3 Å². The van der Waals surface area contributed by atoms with Gasteiger partial charge in [0.25, 0.3) is 8.32 Å². The Morgan fingerprint density at radius 3 is 1.49 bits per heavy atom. The topological polar surface area (TPSA) is 98.8 Å². The van der Waals surface area contributed by atoms with Gasteiger partial charge in [0.2, 0.25) is 0 Å². The molecule has 2 fully saturated rings. The van der Waals surface area contributed by atoms with Gasteiger partial charge in [-0.25, -0.2) is 0 Å². The summed E-state index contributed by atoms with van der Waals surface area (Å²) in [7, 11) is -9.02. The Morgan fingerprint density at radius 2 is 1.02 bits per heavy atom. The predicted octanol–water partition coefficient (Wildman–Crippen LogP) is 8.56. The second-order valence-electron chi connectivity index (χ2n) is 17.1. The van der Waals surface area contributed by atoms with Gasteiger partial charge in [0.1, 0.15) is 18.3 Å². The van der Waals surface area contributed by atoms with Crippen molar-refractivity contribution in [1.29, 1.82) is 0 Å². The monoisotopic (exact) mass is 904 g/mol. The molecule has 0 spiro atoms. The first-order chi connectivity index (χ1) is 30.2. The molecule has 1 saturated heterocycles. The molecule has 7 atom stereocenters. The number of alkyl halides is 3. The van der Waals surface area contributed by atoms with Gasteiger partial charge in [0.05, 0.1) is 33.0 Å². The molecule has 5 aromatic carbocycles. The minimum absolute atomic E-state index is 0.00853. The van der Waals surface area contributed by atoms with Crippen LogP contribution in [0.2, 0.25) is 5.04 Å². The number of rotatable bonds is 20. The second-order valence-corrected chi connectivity index (χ2v) is 23.0. The van der Waals surface area contributed by atoms with Gasteiger partial charge in [0, 0.05) is 6.61 Å². The molecule has 7 rings (SSSR count). The minimum Gasteiger partial charge on any atom is -0.407 e. The zero-order chi connectivity index (χ0) is 44.5. The molecule has 0 aromatic heterocycles. The molecule has 0 amide bonds. The average Bonchev–Trinajstić information content (AvgIpc) is 4.04. The Kier molecular flexibility index (Phi) is 15.4.